The molecular weight excluding hydrogens is 282 g/mol. The van der Waals surface area contributed by atoms with Crippen LogP contribution in [-0.2, 0) is 12.8 Å². The van der Waals surface area contributed by atoms with Gasteiger partial charge in [-0.3, -0.25) is 0 Å². The highest BCUT2D eigenvalue weighted by Crippen LogP contribution is 2.48. The number of nitrogens with zero attached hydrogens (tertiary/aromatic N) is 1. The normalized spacial score (nSPS) is 24.6. The molecular formula is C13H12BrNO2. The van der Waals surface area contributed by atoms with Crippen molar-refractivity contribution in [2.45, 2.75) is 38.9 Å². The first-order chi connectivity index (χ1) is 8.11. The lowest BCUT2D eigenvalue weighted by atomic mass is 9.99. The van der Waals surface area contributed by atoms with Gasteiger partial charge in [0.2, 0.25) is 0 Å². The molecule has 1 aromatic carbocycles. The van der Waals surface area contributed by atoms with Crippen LogP contribution in [0.3, 0.4) is 0 Å². The zero-order valence-electron chi connectivity index (χ0n) is 9.71. The molecule has 2 unspecified atom stereocenters. The number of rotatable bonds is 0. The fourth-order valence-corrected chi connectivity index (χ4v) is 3.25. The summed E-state index contributed by atoms with van der Waals surface area (Å²) in [5, 5.41) is 9.33. The maximum absolute atomic E-state index is 9.33. The predicted octanol–water partition coefficient (Wildman–Crippen LogP) is 2.97. The van der Waals surface area contributed by atoms with Gasteiger partial charge in [0.25, 0.3) is 0 Å². The third-order valence-corrected chi connectivity index (χ3v) is 4.11. The van der Waals surface area contributed by atoms with E-state index >= 15 is 0 Å². The molecule has 0 aromatic heterocycles. The number of ether oxygens (including phenoxy) is 2. The molecule has 2 atom stereocenters. The van der Waals surface area contributed by atoms with Crippen molar-refractivity contribution in [1.82, 2.24) is 0 Å². The number of hydrogen-bond acceptors (Lipinski definition) is 3. The molecule has 2 aliphatic heterocycles. The monoisotopic (exact) mass is 293 g/mol. The standard InChI is InChI=1S/C13H12BrNO2/c1-6-3-8-10(5-15)12-9(4-7(2)16-12)11(14)13(8)17-6/h6-7H,3-4H2,1-2H3. The molecule has 0 saturated heterocycles. The van der Waals surface area contributed by atoms with E-state index in [1.165, 1.54) is 0 Å². The fourth-order valence-electron chi connectivity index (χ4n) is 2.58. The van der Waals surface area contributed by atoms with E-state index in [0.717, 1.165) is 39.9 Å². The Kier molecular flexibility index (Phi) is 2.34. The predicted molar refractivity (Wildman–Crippen MR) is 66.4 cm³/mol. The largest absolute Gasteiger partial charge is 0.489 e. The maximum atomic E-state index is 9.33. The van der Waals surface area contributed by atoms with Gasteiger partial charge in [0.1, 0.15) is 35.3 Å². The van der Waals surface area contributed by atoms with E-state index in [9.17, 15) is 5.26 Å². The minimum atomic E-state index is 0.133. The maximum Gasteiger partial charge on any atom is 0.142 e. The van der Waals surface area contributed by atoms with Gasteiger partial charge in [0.05, 0.1) is 4.47 Å². The molecule has 0 radical (unpaired) electrons. The average molecular weight is 294 g/mol. The highest BCUT2D eigenvalue weighted by Gasteiger charge is 2.34. The van der Waals surface area contributed by atoms with Crippen LogP contribution >= 0.6 is 15.9 Å². The van der Waals surface area contributed by atoms with Crippen molar-refractivity contribution in [3.8, 4) is 17.6 Å². The van der Waals surface area contributed by atoms with Gasteiger partial charge in [-0.1, -0.05) is 0 Å². The van der Waals surface area contributed by atoms with Gasteiger partial charge in [0.15, 0.2) is 0 Å². The van der Waals surface area contributed by atoms with E-state index in [2.05, 4.69) is 22.0 Å². The SMILES string of the molecule is CC1Cc2c(C#N)c3c(c(Br)c2O1)CC(C)O3. The highest BCUT2D eigenvalue weighted by atomic mass is 79.9. The van der Waals surface area contributed by atoms with E-state index in [0.29, 0.717) is 5.56 Å². The summed E-state index contributed by atoms with van der Waals surface area (Å²) < 4.78 is 12.5. The van der Waals surface area contributed by atoms with E-state index in [-0.39, 0.29) is 12.2 Å². The second-order valence-electron chi connectivity index (χ2n) is 4.68. The third-order valence-electron chi connectivity index (χ3n) is 3.27. The average Bonchev–Trinajstić information content (AvgIpc) is 2.83. The molecule has 1 aromatic rings. The number of hydrogen-bond donors (Lipinski definition) is 0. The Hall–Kier alpha value is -1.21. The molecule has 3 rings (SSSR count). The summed E-state index contributed by atoms with van der Waals surface area (Å²) in [4.78, 5) is 0. The van der Waals surface area contributed by atoms with Gasteiger partial charge in [-0.05, 0) is 29.8 Å². The summed E-state index contributed by atoms with van der Waals surface area (Å²) in [7, 11) is 0. The molecule has 2 heterocycles. The van der Waals surface area contributed by atoms with Crippen molar-refractivity contribution >= 4 is 15.9 Å². The molecule has 4 heteroatoms. The van der Waals surface area contributed by atoms with Crippen LogP contribution in [0.1, 0.15) is 30.5 Å². The Labute approximate surface area is 108 Å². The van der Waals surface area contributed by atoms with Crippen molar-refractivity contribution in [2.75, 3.05) is 0 Å². The lowest BCUT2D eigenvalue weighted by Gasteiger charge is -2.10. The number of halogens is 1. The van der Waals surface area contributed by atoms with Gasteiger partial charge < -0.3 is 9.47 Å². The van der Waals surface area contributed by atoms with Gasteiger partial charge in [-0.2, -0.15) is 5.26 Å². The van der Waals surface area contributed by atoms with Crippen LogP contribution in [-0.4, -0.2) is 12.2 Å². The Balaban J connectivity index is 2.28. The Bertz CT molecular complexity index is 508. The minimum Gasteiger partial charge on any atom is -0.489 e. The second-order valence-corrected chi connectivity index (χ2v) is 5.47. The van der Waals surface area contributed by atoms with Crippen molar-refractivity contribution in [2.24, 2.45) is 0 Å². The van der Waals surface area contributed by atoms with E-state index in [1.54, 1.807) is 0 Å². The summed E-state index contributed by atoms with van der Waals surface area (Å²) in [6.45, 7) is 4.03. The van der Waals surface area contributed by atoms with Gasteiger partial charge in [-0.15, -0.1) is 0 Å². The molecule has 0 bridgehead atoms. The molecule has 2 aliphatic rings. The summed E-state index contributed by atoms with van der Waals surface area (Å²) in [6, 6.07) is 2.27. The first kappa shape index (κ1) is 10.9. The van der Waals surface area contributed by atoms with Crippen LogP contribution in [0.25, 0.3) is 0 Å². The van der Waals surface area contributed by atoms with E-state index in [4.69, 9.17) is 9.47 Å². The molecule has 0 spiro atoms. The number of nitriles is 1. The lowest BCUT2D eigenvalue weighted by Crippen LogP contribution is -2.07. The zero-order chi connectivity index (χ0) is 12.2. The van der Waals surface area contributed by atoms with E-state index in [1.807, 2.05) is 13.8 Å². The highest BCUT2D eigenvalue weighted by molar-refractivity contribution is 9.10. The topological polar surface area (TPSA) is 42.2 Å². The summed E-state index contributed by atoms with van der Waals surface area (Å²) in [6.07, 6.45) is 1.87. The molecule has 17 heavy (non-hydrogen) atoms. The Morgan fingerprint density at radius 3 is 2.35 bits per heavy atom. The van der Waals surface area contributed by atoms with Crippen LogP contribution < -0.4 is 9.47 Å². The van der Waals surface area contributed by atoms with Crippen molar-refractivity contribution in [3.63, 3.8) is 0 Å². The smallest absolute Gasteiger partial charge is 0.142 e. The molecule has 88 valence electrons. The number of fused-ring (bicyclic) bond motifs is 2. The fraction of sp³-hybridized carbons (Fsp3) is 0.462. The lowest BCUT2D eigenvalue weighted by molar-refractivity contribution is 0.252. The van der Waals surface area contributed by atoms with Gasteiger partial charge in [0, 0.05) is 24.0 Å². The molecule has 0 saturated carbocycles. The molecule has 0 aliphatic carbocycles. The third kappa shape index (κ3) is 1.45. The first-order valence-corrected chi connectivity index (χ1v) is 6.51. The van der Waals surface area contributed by atoms with Crippen LogP contribution in [0.2, 0.25) is 0 Å². The van der Waals surface area contributed by atoms with Crippen molar-refractivity contribution in [3.05, 3.63) is 21.2 Å². The number of benzene rings is 1. The quantitative estimate of drug-likeness (QED) is 0.738. The molecule has 0 fully saturated rings. The Morgan fingerprint density at radius 1 is 1.12 bits per heavy atom. The van der Waals surface area contributed by atoms with Crippen molar-refractivity contribution < 1.29 is 9.47 Å². The van der Waals surface area contributed by atoms with Gasteiger partial charge in [-0.25, -0.2) is 0 Å². The zero-order valence-corrected chi connectivity index (χ0v) is 11.3. The van der Waals surface area contributed by atoms with Crippen LogP contribution in [0, 0.1) is 11.3 Å². The van der Waals surface area contributed by atoms with Gasteiger partial charge >= 0.3 is 0 Å². The molecule has 3 nitrogen and oxygen atoms in total. The Morgan fingerprint density at radius 2 is 1.71 bits per heavy atom. The summed E-state index contributed by atoms with van der Waals surface area (Å²) >= 11 is 3.59. The first-order valence-electron chi connectivity index (χ1n) is 5.72. The second kappa shape index (κ2) is 3.64. The summed E-state index contributed by atoms with van der Waals surface area (Å²) in [5.74, 6) is 1.59. The summed E-state index contributed by atoms with van der Waals surface area (Å²) in [5.41, 5.74) is 2.72. The van der Waals surface area contributed by atoms with Crippen LogP contribution in [0.15, 0.2) is 4.47 Å². The van der Waals surface area contributed by atoms with Crippen molar-refractivity contribution in [1.29, 1.82) is 5.26 Å². The van der Waals surface area contributed by atoms with Crippen LogP contribution in [0.4, 0.5) is 0 Å². The minimum absolute atomic E-state index is 0.133. The van der Waals surface area contributed by atoms with E-state index < -0.39 is 0 Å². The molecule has 0 N–H and O–H groups in total. The van der Waals surface area contributed by atoms with Crippen LogP contribution in [0.5, 0.6) is 11.5 Å². The molecule has 0 amide bonds.